The minimum absolute atomic E-state index is 0.114. The van der Waals surface area contributed by atoms with Gasteiger partial charge < -0.3 is 14.8 Å². The Hall–Kier alpha value is -3.11. The molecule has 0 heterocycles. The number of hydrogen-bond acceptors (Lipinski definition) is 3. The summed E-state index contributed by atoms with van der Waals surface area (Å²) in [6, 6.07) is 25.1. The molecular formula is C23H23NO3. The minimum Gasteiger partial charge on any atom is -0.489 e. The van der Waals surface area contributed by atoms with Crippen molar-refractivity contribution in [2.45, 2.75) is 19.8 Å². The van der Waals surface area contributed by atoms with Gasteiger partial charge in [0.1, 0.15) is 12.4 Å². The van der Waals surface area contributed by atoms with E-state index in [-0.39, 0.29) is 5.91 Å². The lowest BCUT2D eigenvalue weighted by Crippen LogP contribution is -2.23. The summed E-state index contributed by atoms with van der Waals surface area (Å²) in [6.07, 6.45) is 0. The zero-order valence-corrected chi connectivity index (χ0v) is 15.4. The Balaban J connectivity index is 1.54. The van der Waals surface area contributed by atoms with Crippen LogP contribution in [-0.4, -0.2) is 13.0 Å². The molecule has 3 aromatic carbocycles. The second-order valence-electron chi connectivity index (χ2n) is 6.18. The van der Waals surface area contributed by atoms with Crippen molar-refractivity contribution in [3.63, 3.8) is 0 Å². The van der Waals surface area contributed by atoms with E-state index in [1.54, 1.807) is 19.2 Å². The van der Waals surface area contributed by atoms with Gasteiger partial charge >= 0.3 is 0 Å². The minimum atomic E-state index is -0.114. The van der Waals surface area contributed by atoms with Gasteiger partial charge in [0.2, 0.25) is 0 Å². The number of benzene rings is 3. The fourth-order valence-electron chi connectivity index (χ4n) is 2.75. The van der Waals surface area contributed by atoms with Crippen LogP contribution in [0.2, 0.25) is 0 Å². The molecule has 138 valence electrons. The molecule has 3 aromatic rings. The van der Waals surface area contributed by atoms with Crippen molar-refractivity contribution < 1.29 is 14.3 Å². The second kappa shape index (κ2) is 9.55. The fourth-order valence-corrected chi connectivity index (χ4v) is 2.75. The number of nitrogens with one attached hydrogen (secondary N) is 1. The molecule has 0 atom stereocenters. The van der Waals surface area contributed by atoms with Crippen LogP contribution in [0.25, 0.3) is 0 Å². The van der Waals surface area contributed by atoms with Crippen molar-refractivity contribution >= 4 is 5.91 Å². The average Bonchev–Trinajstić information content (AvgIpc) is 2.73. The molecule has 0 fully saturated rings. The first kappa shape index (κ1) is 18.7. The molecule has 0 radical (unpaired) electrons. The summed E-state index contributed by atoms with van der Waals surface area (Å²) in [5.41, 5.74) is 3.83. The zero-order chi connectivity index (χ0) is 18.9. The van der Waals surface area contributed by atoms with Crippen molar-refractivity contribution in [2.24, 2.45) is 0 Å². The third-order valence-electron chi connectivity index (χ3n) is 4.22. The summed E-state index contributed by atoms with van der Waals surface area (Å²) in [4.78, 5) is 12.4. The van der Waals surface area contributed by atoms with E-state index in [1.165, 1.54) is 0 Å². The lowest BCUT2D eigenvalue weighted by Gasteiger charge is -2.11. The van der Waals surface area contributed by atoms with Crippen LogP contribution in [0.15, 0.2) is 78.9 Å². The molecule has 0 unspecified atom stereocenters. The molecule has 3 rings (SSSR count). The maximum absolute atomic E-state index is 12.4. The van der Waals surface area contributed by atoms with Gasteiger partial charge in [-0.3, -0.25) is 4.79 Å². The highest BCUT2D eigenvalue weighted by Crippen LogP contribution is 2.15. The van der Waals surface area contributed by atoms with E-state index < -0.39 is 0 Å². The van der Waals surface area contributed by atoms with Crippen molar-refractivity contribution in [1.29, 1.82) is 0 Å². The summed E-state index contributed by atoms with van der Waals surface area (Å²) in [6.45, 7) is 1.49. The van der Waals surface area contributed by atoms with Crippen LogP contribution in [-0.2, 0) is 24.5 Å². The molecule has 1 amide bonds. The van der Waals surface area contributed by atoms with Crippen LogP contribution in [0.1, 0.15) is 27.0 Å². The molecule has 0 bridgehead atoms. The van der Waals surface area contributed by atoms with Gasteiger partial charge in [0.25, 0.3) is 5.91 Å². The lowest BCUT2D eigenvalue weighted by atomic mass is 10.1. The Bertz CT molecular complexity index is 860. The van der Waals surface area contributed by atoms with Crippen LogP contribution >= 0.6 is 0 Å². The summed E-state index contributed by atoms with van der Waals surface area (Å²) in [5, 5.41) is 2.96. The smallest absolute Gasteiger partial charge is 0.251 e. The van der Waals surface area contributed by atoms with E-state index >= 15 is 0 Å². The number of carbonyl (C=O) groups is 1. The molecular weight excluding hydrogens is 338 g/mol. The van der Waals surface area contributed by atoms with Crippen molar-refractivity contribution in [3.05, 3.63) is 101 Å². The van der Waals surface area contributed by atoms with Gasteiger partial charge in [-0.2, -0.15) is 0 Å². The third-order valence-corrected chi connectivity index (χ3v) is 4.22. The van der Waals surface area contributed by atoms with Crippen molar-refractivity contribution in [3.8, 4) is 5.75 Å². The van der Waals surface area contributed by atoms with Crippen LogP contribution in [0.4, 0.5) is 0 Å². The lowest BCUT2D eigenvalue weighted by molar-refractivity contribution is 0.0950. The molecule has 0 aliphatic rings. The maximum Gasteiger partial charge on any atom is 0.251 e. The van der Waals surface area contributed by atoms with Gasteiger partial charge in [-0.05, 0) is 41.0 Å². The van der Waals surface area contributed by atoms with Gasteiger partial charge in [-0.1, -0.05) is 54.6 Å². The predicted molar refractivity (Wildman–Crippen MR) is 106 cm³/mol. The molecule has 0 saturated heterocycles. The molecule has 4 heteroatoms. The normalized spacial score (nSPS) is 10.4. The Morgan fingerprint density at radius 3 is 2.19 bits per heavy atom. The van der Waals surface area contributed by atoms with Gasteiger partial charge in [-0.15, -0.1) is 0 Å². The molecule has 27 heavy (non-hydrogen) atoms. The molecule has 0 spiro atoms. The Morgan fingerprint density at radius 2 is 1.48 bits per heavy atom. The zero-order valence-electron chi connectivity index (χ0n) is 15.4. The number of amides is 1. The highest BCUT2D eigenvalue weighted by molar-refractivity contribution is 5.94. The van der Waals surface area contributed by atoms with E-state index in [0.717, 1.165) is 22.4 Å². The number of ether oxygens (including phenoxy) is 2. The quantitative estimate of drug-likeness (QED) is 0.649. The van der Waals surface area contributed by atoms with Gasteiger partial charge in [0, 0.05) is 19.2 Å². The van der Waals surface area contributed by atoms with Gasteiger partial charge in [0.15, 0.2) is 0 Å². The molecule has 1 N–H and O–H groups in total. The van der Waals surface area contributed by atoms with Gasteiger partial charge in [-0.25, -0.2) is 0 Å². The van der Waals surface area contributed by atoms with E-state index in [1.807, 2.05) is 66.7 Å². The summed E-state index contributed by atoms with van der Waals surface area (Å²) < 4.78 is 11.0. The Kier molecular flexibility index (Phi) is 6.61. The molecule has 0 aromatic heterocycles. The predicted octanol–water partition coefficient (Wildman–Crippen LogP) is 4.34. The van der Waals surface area contributed by atoms with Crippen molar-refractivity contribution in [2.75, 3.05) is 7.11 Å². The van der Waals surface area contributed by atoms with Crippen LogP contribution in [0, 0.1) is 0 Å². The average molecular weight is 361 g/mol. The Labute approximate surface area is 159 Å². The largest absolute Gasteiger partial charge is 0.489 e. The molecule has 0 aliphatic heterocycles. The van der Waals surface area contributed by atoms with Crippen LogP contribution in [0.3, 0.4) is 0 Å². The van der Waals surface area contributed by atoms with E-state index in [2.05, 4.69) is 5.32 Å². The third kappa shape index (κ3) is 5.43. The standard InChI is InChI=1S/C23H23NO3/c1-26-17-21-10-6-5-9-20(21)15-24-23(25)19-11-13-22(14-12-19)27-16-18-7-3-2-4-8-18/h2-14H,15-17H2,1H3,(H,24,25). The number of methoxy groups -OCH3 is 1. The summed E-state index contributed by atoms with van der Waals surface area (Å²) in [7, 11) is 1.66. The topological polar surface area (TPSA) is 47.6 Å². The first-order valence-corrected chi connectivity index (χ1v) is 8.87. The van der Waals surface area contributed by atoms with Crippen molar-refractivity contribution in [1.82, 2.24) is 5.32 Å². The molecule has 0 aliphatic carbocycles. The van der Waals surface area contributed by atoms with E-state index in [4.69, 9.17) is 9.47 Å². The van der Waals surface area contributed by atoms with Crippen LogP contribution < -0.4 is 10.1 Å². The maximum atomic E-state index is 12.4. The Morgan fingerprint density at radius 1 is 0.815 bits per heavy atom. The molecule has 0 saturated carbocycles. The monoisotopic (exact) mass is 361 g/mol. The summed E-state index contributed by atoms with van der Waals surface area (Å²) in [5.74, 6) is 0.623. The fraction of sp³-hybridized carbons (Fsp3) is 0.174. The second-order valence-corrected chi connectivity index (χ2v) is 6.18. The first-order valence-electron chi connectivity index (χ1n) is 8.87. The SMILES string of the molecule is COCc1ccccc1CNC(=O)c1ccc(OCc2ccccc2)cc1. The summed E-state index contributed by atoms with van der Waals surface area (Å²) >= 11 is 0. The van der Waals surface area contributed by atoms with E-state index in [0.29, 0.717) is 25.3 Å². The van der Waals surface area contributed by atoms with E-state index in [9.17, 15) is 4.79 Å². The number of carbonyl (C=O) groups excluding carboxylic acids is 1. The highest BCUT2D eigenvalue weighted by Gasteiger charge is 2.07. The first-order chi connectivity index (χ1) is 13.3. The van der Waals surface area contributed by atoms with Crippen LogP contribution in [0.5, 0.6) is 5.75 Å². The molecule has 4 nitrogen and oxygen atoms in total. The number of hydrogen-bond donors (Lipinski definition) is 1. The highest BCUT2D eigenvalue weighted by atomic mass is 16.5. The van der Waals surface area contributed by atoms with Gasteiger partial charge in [0.05, 0.1) is 6.61 Å². The number of rotatable bonds is 8.